The van der Waals surface area contributed by atoms with Crippen LogP contribution < -0.4 is 14.7 Å². The Hall–Kier alpha value is -5.64. The van der Waals surface area contributed by atoms with Gasteiger partial charge in [-0.15, -0.1) is 35.7 Å². The van der Waals surface area contributed by atoms with Gasteiger partial charge in [0.05, 0.1) is 18.0 Å². The van der Waals surface area contributed by atoms with Crippen LogP contribution >= 0.6 is 0 Å². The van der Waals surface area contributed by atoms with Crippen LogP contribution in [0.25, 0.3) is 38.8 Å². The third-order valence-electron chi connectivity index (χ3n) is 12.0. The van der Waals surface area contributed by atoms with Crippen LogP contribution in [-0.4, -0.2) is 21.8 Å². The molecule has 304 valence electrons. The minimum absolute atomic E-state index is 0. The average molecular weight is 967 g/mol. The van der Waals surface area contributed by atoms with E-state index in [0.717, 1.165) is 51.7 Å². The second-order valence-corrected chi connectivity index (χ2v) is 17.6. The topological polar surface area (TPSA) is 27.5 Å². The van der Waals surface area contributed by atoms with Crippen LogP contribution in [0.2, 0.25) is 0 Å². The molecule has 1 aliphatic heterocycles. The quantitative estimate of drug-likeness (QED) is 0.142. The smallest absolute Gasteiger partial charge is 0.358 e. The molecule has 0 aliphatic carbocycles. The molecule has 6 heteroatoms. The van der Waals surface area contributed by atoms with E-state index in [9.17, 15) is 0 Å². The monoisotopic (exact) mass is 966 g/mol. The molecular weight excluding hydrogens is 914 g/mol. The molecule has 8 aromatic rings. The van der Waals surface area contributed by atoms with Crippen LogP contribution in [0.3, 0.4) is 0 Å². The molecule has 1 aliphatic rings. The van der Waals surface area contributed by atoms with Crippen LogP contribution in [-0.2, 0) is 21.1 Å². The number of fused-ring (bicyclic) bond motifs is 4. The van der Waals surface area contributed by atoms with E-state index in [4.69, 9.17) is 4.98 Å². The van der Waals surface area contributed by atoms with Crippen molar-refractivity contribution in [2.75, 3.05) is 21.4 Å². The third-order valence-corrected chi connectivity index (χ3v) is 12.0. The van der Waals surface area contributed by atoms with E-state index in [1.165, 1.54) is 50.1 Å². The Morgan fingerprint density at radius 1 is 0.650 bits per heavy atom. The fraction of sp³-hybridized carbons (Fsp3) is 0.241. The number of anilines is 6. The first kappa shape index (κ1) is 41.1. The van der Waals surface area contributed by atoms with E-state index in [0.29, 0.717) is 11.8 Å². The molecule has 2 aromatic heterocycles. The molecule has 0 N–H and O–H groups in total. The molecule has 0 spiro atoms. The Kier molecular flexibility index (Phi) is 11.0. The first-order valence-corrected chi connectivity index (χ1v) is 21.0. The van der Waals surface area contributed by atoms with Gasteiger partial charge in [-0.05, 0) is 116 Å². The van der Waals surface area contributed by atoms with Crippen LogP contribution in [0.4, 0.5) is 34.1 Å². The average Bonchev–Trinajstić information content (AvgIpc) is 3.79. The minimum Gasteiger partial charge on any atom is -0.358 e. The molecular formula is C54H53N5Pt. The Morgan fingerprint density at radius 2 is 1.28 bits per heavy atom. The maximum absolute atomic E-state index is 5.09. The second kappa shape index (κ2) is 16.1. The molecule has 0 fully saturated rings. The molecule has 0 saturated heterocycles. The van der Waals surface area contributed by atoms with E-state index in [1.54, 1.807) is 0 Å². The number of nitrogens with zero attached hydrogens (tertiary/aromatic N) is 5. The van der Waals surface area contributed by atoms with Crippen LogP contribution in [0, 0.1) is 26.0 Å². The fourth-order valence-electron chi connectivity index (χ4n) is 9.09. The summed E-state index contributed by atoms with van der Waals surface area (Å²) in [6.45, 7) is 21.1. The number of rotatable bonds is 8. The van der Waals surface area contributed by atoms with Crippen molar-refractivity contribution in [3.8, 4) is 16.9 Å². The zero-order valence-electron chi connectivity index (χ0n) is 36.1. The number of hydrogen-bond donors (Lipinski definition) is 0. The number of pyridine rings is 1. The van der Waals surface area contributed by atoms with Gasteiger partial charge in [0, 0.05) is 22.9 Å². The summed E-state index contributed by atoms with van der Waals surface area (Å²) in [5.74, 6) is 1.64. The summed E-state index contributed by atoms with van der Waals surface area (Å²) in [4.78, 5) is 12.3. The number of para-hydroxylation sites is 4. The third kappa shape index (κ3) is 7.11. The van der Waals surface area contributed by atoms with Gasteiger partial charge < -0.3 is 19.3 Å². The Bertz CT molecular complexity index is 2820. The van der Waals surface area contributed by atoms with Crippen LogP contribution in [0.15, 0.2) is 134 Å². The molecule has 0 saturated carbocycles. The summed E-state index contributed by atoms with van der Waals surface area (Å²) in [6, 6.07) is 54.0. The maximum atomic E-state index is 5.09. The van der Waals surface area contributed by atoms with E-state index in [2.05, 4.69) is 221 Å². The summed E-state index contributed by atoms with van der Waals surface area (Å²) >= 11 is 0. The van der Waals surface area contributed by atoms with Gasteiger partial charge >= 0.3 is 21.1 Å². The predicted octanol–water partition coefficient (Wildman–Crippen LogP) is 14.5. The van der Waals surface area contributed by atoms with Crippen molar-refractivity contribution in [3.63, 3.8) is 0 Å². The zero-order valence-corrected chi connectivity index (χ0v) is 38.4. The van der Waals surface area contributed by atoms with E-state index < -0.39 is 0 Å². The first-order chi connectivity index (χ1) is 28.4. The van der Waals surface area contributed by atoms with Crippen molar-refractivity contribution in [2.45, 2.75) is 79.7 Å². The molecule has 0 amide bonds. The van der Waals surface area contributed by atoms with Crippen LogP contribution in [0.5, 0.6) is 0 Å². The molecule has 6 aromatic carbocycles. The predicted molar refractivity (Wildman–Crippen MR) is 250 cm³/mol. The summed E-state index contributed by atoms with van der Waals surface area (Å²) in [5, 5.41) is 2.31. The molecule has 0 radical (unpaired) electrons. The van der Waals surface area contributed by atoms with E-state index >= 15 is 0 Å². The number of aromatic nitrogens is 2. The fourth-order valence-corrected chi connectivity index (χ4v) is 9.09. The van der Waals surface area contributed by atoms with Gasteiger partial charge in [-0.2, -0.15) is 12.1 Å². The molecule has 5 nitrogen and oxygen atoms in total. The first-order valence-electron chi connectivity index (χ1n) is 21.0. The van der Waals surface area contributed by atoms with Crippen molar-refractivity contribution in [3.05, 3.63) is 168 Å². The summed E-state index contributed by atoms with van der Waals surface area (Å²) in [7, 11) is 0. The number of benzene rings is 6. The van der Waals surface area contributed by atoms with E-state index in [-0.39, 0.29) is 26.6 Å². The van der Waals surface area contributed by atoms with Gasteiger partial charge in [-0.3, -0.25) is 0 Å². The standard InChI is InChI=1S/C54H53N5.Pt/c1-35(2)43-22-16-23-44(36(3)4)52(43)39-29-30-55-51(31-39)59-47-24-11-10-21-45(47)46-28-27-42(33-50(46)59)58(53-37(5)17-14-18-38(53)6)41-20-15-19-40(32-41)56-34-57(54(7,8)9)49-26-13-12-25-48(49)56;/h10-31,35-36H,34H2,1-9H3;/q-2;+2. The largest absolute Gasteiger partial charge is 2.00 e. The molecule has 0 bridgehead atoms. The van der Waals surface area contributed by atoms with Gasteiger partial charge in [0.1, 0.15) is 5.82 Å². The molecule has 3 heterocycles. The SMILES string of the molecule is Cc1cccc(C)c1N(c1[c-]c(N2CN(C(C)(C)C)c3ccccc32)ccc1)c1[c-]c2c(cc1)c1ccccc1n2-c1cc(-c2c(C(C)C)cccc2C(C)C)ccn1.[Pt+2]. The Morgan fingerprint density at radius 3 is 1.98 bits per heavy atom. The van der Waals surface area contributed by atoms with Gasteiger partial charge in [0.25, 0.3) is 0 Å². The Balaban J connectivity index is 0.00000499. The molecule has 0 unspecified atom stereocenters. The molecule has 9 rings (SSSR count). The summed E-state index contributed by atoms with van der Waals surface area (Å²) in [6.07, 6.45) is 1.97. The molecule has 0 atom stereocenters. The maximum Gasteiger partial charge on any atom is 2.00 e. The molecule has 60 heavy (non-hydrogen) atoms. The normalized spacial score (nSPS) is 12.8. The van der Waals surface area contributed by atoms with E-state index in [1.807, 2.05) is 6.20 Å². The minimum atomic E-state index is -0.0432. The zero-order chi connectivity index (χ0) is 41.2. The van der Waals surface area contributed by atoms with Gasteiger partial charge in [0.15, 0.2) is 0 Å². The number of hydrogen-bond acceptors (Lipinski definition) is 4. The van der Waals surface area contributed by atoms with Crippen LogP contribution in [0.1, 0.15) is 82.6 Å². The van der Waals surface area contributed by atoms with Crippen molar-refractivity contribution >= 4 is 55.9 Å². The van der Waals surface area contributed by atoms with Gasteiger partial charge in [0.2, 0.25) is 0 Å². The van der Waals surface area contributed by atoms with Crippen molar-refractivity contribution in [2.24, 2.45) is 0 Å². The summed E-state index contributed by atoms with van der Waals surface area (Å²) < 4.78 is 2.30. The second-order valence-electron chi connectivity index (χ2n) is 17.6. The van der Waals surface area contributed by atoms with Crippen molar-refractivity contribution in [1.29, 1.82) is 0 Å². The van der Waals surface area contributed by atoms with Gasteiger partial charge in [-0.1, -0.05) is 117 Å². The Labute approximate surface area is 370 Å². The summed E-state index contributed by atoms with van der Waals surface area (Å²) in [5.41, 5.74) is 16.1. The van der Waals surface area contributed by atoms with Crippen molar-refractivity contribution < 1.29 is 21.1 Å². The van der Waals surface area contributed by atoms with Crippen molar-refractivity contribution in [1.82, 2.24) is 9.55 Å². The van der Waals surface area contributed by atoms with Gasteiger partial charge in [-0.25, -0.2) is 4.98 Å². The number of aryl methyl sites for hydroxylation is 2.